The van der Waals surface area contributed by atoms with E-state index < -0.39 is 0 Å². The normalized spacial score (nSPS) is 11.0. The lowest BCUT2D eigenvalue weighted by Crippen LogP contribution is -2.13. The van der Waals surface area contributed by atoms with Gasteiger partial charge in [-0.1, -0.05) is 24.3 Å². The zero-order chi connectivity index (χ0) is 23.5. The molecule has 3 aromatic heterocycles. The van der Waals surface area contributed by atoms with Gasteiger partial charge in [-0.15, -0.1) is 0 Å². The summed E-state index contributed by atoms with van der Waals surface area (Å²) in [7, 11) is 0. The number of benzene rings is 2. The Balaban J connectivity index is 1.32. The molecule has 3 N–H and O–H groups in total. The maximum absolute atomic E-state index is 12.9. The molecule has 0 aliphatic carbocycles. The largest absolute Gasteiger partial charge is 0.350 e. The van der Waals surface area contributed by atoms with Crippen molar-refractivity contribution in [1.29, 1.82) is 0 Å². The van der Waals surface area contributed by atoms with Gasteiger partial charge >= 0.3 is 0 Å². The molecule has 3 heterocycles. The van der Waals surface area contributed by atoms with Gasteiger partial charge in [0.2, 0.25) is 0 Å². The average Bonchev–Trinajstić information content (AvgIpc) is 3.38. The maximum Gasteiger partial charge on any atom is 0.257 e. The second kappa shape index (κ2) is 9.29. The predicted octanol–water partition coefficient (Wildman–Crippen LogP) is 5.17. The molecule has 0 unspecified atom stereocenters. The van der Waals surface area contributed by atoms with Crippen molar-refractivity contribution in [3.63, 3.8) is 0 Å². The molecule has 0 saturated heterocycles. The highest BCUT2D eigenvalue weighted by molar-refractivity contribution is 6.05. The Labute approximate surface area is 198 Å². The van der Waals surface area contributed by atoms with Crippen LogP contribution in [0.1, 0.15) is 27.0 Å². The molecule has 34 heavy (non-hydrogen) atoms. The van der Waals surface area contributed by atoms with Gasteiger partial charge in [-0.05, 0) is 66.1 Å². The second-order valence-corrected chi connectivity index (χ2v) is 8.35. The van der Waals surface area contributed by atoms with E-state index in [4.69, 9.17) is 5.73 Å². The van der Waals surface area contributed by atoms with Crippen molar-refractivity contribution in [3.8, 4) is 11.3 Å². The minimum atomic E-state index is -0.204. The third-order valence-electron chi connectivity index (χ3n) is 5.87. The van der Waals surface area contributed by atoms with Gasteiger partial charge < -0.3 is 15.6 Å². The molecule has 5 aromatic rings. The van der Waals surface area contributed by atoms with E-state index in [1.165, 1.54) is 0 Å². The van der Waals surface area contributed by atoms with E-state index in [1.807, 2.05) is 74.0 Å². The van der Waals surface area contributed by atoms with E-state index in [0.29, 0.717) is 12.1 Å². The van der Waals surface area contributed by atoms with Crippen LogP contribution in [0.3, 0.4) is 0 Å². The first kappa shape index (κ1) is 21.6. The van der Waals surface area contributed by atoms with Crippen LogP contribution in [0.2, 0.25) is 0 Å². The average molecular weight is 448 g/mol. The van der Waals surface area contributed by atoms with Crippen molar-refractivity contribution in [2.24, 2.45) is 5.73 Å². The van der Waals surface area contributed by atoms with Crippen molar-refractivity contribution in [3.05, 3.63) is 114 Å². The fourth-order valence-corrected chi connectivity index (χ4v) is 3.95. The molecule has 0 atom stereocenters. The van der Waals surface area contributed by atoms with Crippen LogP contribution in [0.25, 0.3) is 22.2 Å². The van der Waals surface area contributed by atoms with Crippen LogP contribution in [0.4, 0.5) is 5.69 Å². The predicted molar refractivity (Wildman–Crippen MR) is 136 cm³/mol. The Morgan fingerprint density at radius 2 is 1.74 bits per heavy atom. The Hall–Kier alpha value is -4.29. The molecule has 0 aliphatic rings. The van der Waals surface area contributed by atoms with Crippen molar-refractivity contribution in [2.75, 3.05) is 5.32 Å². The number of fused-ring (bicyclic) bond motifs is 1. The maximum atomic E-state index is 12.9. The quantitative estimate of drug-likeness (QED) is 0.376. The van der Waals surface area contributed by atoms with E-state index in [0.717, 1.165) is 51.1 Å². The molecule has 0 aliphatic heterocycles. The summed E-state index contributed by atoms with van der Waals surface area (Å²) >= 11 is 0. The van der Waals surface area contributed by atoms with Gasteiger partial charge in [0.25, 0.3) is 5.91 Å². The highest BCUT2D eigenvalue weighted by Gasteiger charge is 2.11. The highest BCUT2D eigenvalue weighted by atomic mass is 16.1. The monoisotopic (exact) mass is 447 g/mol. The molecule has 5 rings (SSSR count). The van der Waals surface area contributed by atoms with Gasteiger partial charge in [0.05, 0.1) is 16.8 Å². The zero-order valence-corrected chi connectivity index (χ0v) is 18.9. The number of aryl methyl sites for hydroxylation is 1. The summed E-state index contributed by atoms with van der Waals surface area (Å²) in [5.41, 5.74) is 12.7. The summed E-state index contributed by atoms with van der Waals surface area (Å²) in [4.78, 5) is 22.0. The van der Waals surface area contributed by atoms with Gasteiger partial charge in [0.15, 0.2) is 0 Å². The molecule has 0 spiro atoms. The summed E-state index contributed by atoms with van der Waals surface area (Å²) in [6.07, 6.45) is 7.55. The van der Waals surface area contributed by atoms with Gasteiger partial charge in [-0.2, -0.15) is 0 Å². The Morgan fingerprint density at radius 3 is 2.44 bits per heavy atom. The van der Waals surface area contributed by atoms with Crippen LogP contribution in [0, 0.1) is 6.92 Å². The number of anilines is 1. The number of hydrogen-bond acceptors (Lipinski definition) is 4. The third kappa shape index (κ3) is 4.58. The van der Waals surface area contributed by atoms with Crippen LogP contribution in [-0.4, -0.2) is 20.4 Å². The van der Waals surface area contributed by atoms with E-state index >= 15 is 0 Å². The minimum Gasteiger partial charge on any atom is -0.350 e. The van der Waals surface area contributed by atoms with Crippen molar-refractivity contribution in [2.45, 2.75) is 20.0 Å². The molecule has 1 amide bonds. The summed E-state index contributed by atoms with van der Waals surface area (Å²) in [5.74, 6) is -0.204. The molecule has 0 radical (unpaired) electrons. The Morgan fingerprint density at radius 1 is 0.941 bits per heavy atom. The van der Waals surface area contributed by atoms with E-state index in [9.17, 15) is 4.79 Å². The number of nitrogens with zero attached hydrogens (tertiary/aromatic N) is 3. The van der Waals surface area contributed by atoms with Gasteiger partial charge in [0.1, 0.15) is 0 Å². The molecule has 6 nitrogen and oxygen atoms in total. The number of hydrogen-bond donors (Lipinski definition) is 2. The Kier molecular flexibility index (Phi) is 5.89. The van der Waals surface area contributed by atoms with Gasteiger partial charge in [-0.3, -0.25) is 14.8 Å². The summed E-state index contributed by atoms with van der Waals surface area (Å²) in [6, 6.07) is 21.7. The van der Waals surface area contributed by atoms with Crippen LogP contribution in [-0.2, 0) is 13.1 Å². The summed E-state index contributed by atoms with van der Waals surface area (Å²) in [5, 5.41) is 4.05. The van der Waals surface area contributed by atoms with Crippen LogP contribution in [0.15, 0.2) is 91.5 Å². The van der Waals surface area contributed by atoms with Gasteiger partial charge in [-0.25, -0.2) is 0 Å². The number of nitrogens with two attached hydrogens (primary N) is 1. The lowest BCUT2D eigenvalue weighted by atomic mass is 10.1. The van der Waals surface area contributed by atoms with E-state index in [-0.39, 0.29) is 5.91 Å². The molecule has 6 heteroatoms. The lowest BCUT2D eigenvalue weighted by Gasteiger charge is -2.11. The van der Waals surface area contributed by atoms with Crippen LogP contribution >= 0.6 is 0 Å². The molecular formula is C28H25N5O. The molecule has 0 fully saturated rings. The molecule has 0 saturated carbocycles. The SMILES string of the molecule is Cc1cc2cc(Cn3cccc3)cnc2cc1NC(=O)c1ccc(-c2ccc(CN)cc2)nc1. The number of rotatable bonds is 6. The Bertz CT molecular complexity index is 1440. The van der Waals surface area contributed by atoms with E-state index in [1.54, 1.807) is 12.3 Å². The molecule has 168 valence electrons. The lowest BCUT2D eigenvalue weighted by molar-refractivity contribution is 0.102. The van der Waals surface area contributed by atoms with Crippen molar-refractivity contribution < 1.29 is 4.79 Å². The van der Waals surface area contributed by atoms with Crippen molar-refractivity contribution >= 4 is 22.5 Å². The smallest absolute Gasteiger partial charge is 0.257 e. The van der Waals surface area contributed by atoms with Gasteiger partial charge in [0, 0.05) is 54.5 Å². The van der Waals surface area contributed by atoms with Crippen LogP contribution in [0.5, 0.6) is 0 Å². The topological polar surface area (TPSA) is 85.8 Å². The molecular weight excluding hydrogens is 422 g/mol. The fraction of sp³-hybridized carbons (Fsp3) is 0.107. The number of nitrogens with one attached hydrogen (secondary N) is 1. The van der Waals surface area contributed by atoms with Crippen LogP contribution < -0.4 is 11.1 Å². The third-order valence-corrected chi connectivity index (χ3v) is 5.87. The fourth-order valence-electron chi connectivity index (χ4n) is 3.95. The standard InChI is InChI=1S/C28H25N5O/c1-19-12-24-13-21(18-33-10-2-3-11-33)16-30-27(24)14-26(19)32-28(34)23-8-9-25(31-17-23)22-6-4-20(15-29)5-7-22/h2-14,16-17H,15,18,29H2,1H3,(H,32,34). The van der Waals surface area contributed by atoms with E-state index in [2.05, 4.69) is 32.0 Å². The number of pyridine rings is 2. The number of amides is 1. The molecule has 0 bridgehead atoms. The minimum absolute atomic E-state index is 0.204. The highest BCUT2D eigenvalue weighted by Crippen LogP contribution is 2.24. The first-order chi connectivity index (χ1) is 16.6. The number of carbonyl (C=O) groups excluding carboxylic acids is 1. The van der Waals surface area contributed by atoms with Crippen molar-refractivity contribution in [1.82, 2.24) is 14.5 Å². The zero-order valence-electron chi connectivity index (χ0n) is 18.9. The summed E-state index contributed by atoms with van der Waals surface area (Å²) in [6.45, 7) is 3.26. The first-order valence-electron chi connectivity index (χ1n) is 11.2. The summed E-state index contributed by atoms with van der Waals surface area (Å²) < 4.78 is 2.11. The number of carbonyl (C=O) groups is 1. The first-order valence-corrected chi connectivity index (χ1v) is 11.2. The number of aromatic nitrogens is 3. The second-order valence-electron chi connectivity index (χ2n) is 8.35. The molecule has 2 aromatic carbocycles.